The Labute approximate surface area is 299 Å². The van der Waals surface area contributed by atoms with Crippen LogP contribution in [0.2, 0.25) is 0 Å². The van der Waals surface area contributed by atoms with Crippen LogP contribution < -0.4 is 0 Å². The third-order valence-corrected chi connectivity index (χ3v) is 11.4. The summed E-state index contributed by atoms with van der Waals surface area (Å²) in [4.78, 5) is 10.4. The van der Waals surface area contributed by atoms with Gasteiger partial charge in [0.1, 0.15) is 0 Å². The molecule has 2 nitrogen and oxygen atoms in total. The molecule has 0 radical (unpaired) electrons. The third kappa shape index (κ3) is 4.77. The maximum atomic E-state index is 5.25. The number of allylic oxidation sites excluding steroid dienone is 2. The van der Waals surface area contributed by atoms with Crippen molar-refractivity contribution in [2.75, 3.05) is 0 Å². The lowest BCUT2D eigenvalue weighted by atomic mass is 9.81. The molecule has 0 aliphatic heterocycles. The van der Waals surface area contributed by atoms with E-state index in [4.69, 9.17) is 9.97 Å². The fraction of sp³-hybridized carbons (Fsp3) is 0.143. The lowest BCUT2D eigenvalue weighted by Gasteiger charge is -2.22. The van der Waals surface area contributed by atoms with Gasteiger partial charge in [-0.1, -0.05) is 141 Å². The van der Waals surface area contributed by atoms with Gasteiger partial charge in [-0.3, -0.25) is 0 Å². The number of hydrogen-bond donors (Lipinski definition) is 0. The molecular formula is C49H38N2. The molecule has 244 valence electrons. The van der Waals surface area contributed by atoms with Gasteiger partial charge in [0.2, 0.25) is 0 Å². The second-order valence-electron chi connectivity index (χ2n) is 14.8. The molecule has 8 aromatic rings. The smallest absolute Gasteiger partial charge is 0.156 e. The minimum absolute atomic E-state index is 0.0567. The Morgan fingerprint density at radius 3 is 1.96 bits per heavy atom. The Morgan fingerprint density at radius 2 is 1.14 bits per heavy atom. The fourth-order valence-electron chi connectivity index (χ4n) is 8.81. The fourth-order valence-corrected chi connectivity index (χ4v) is 8.81. The molecule has 2 heteroatoms. The van der Waals surface area contributed by atoms with Gasteiger partial charge in [0, 0.05) is 16.5 Å². The highest BCUT2D eigenvalue weighted by atomic mass is 14.9. The van der Waals surface area contributed by atoms with Crippen molar-refractivity contribution >= 4 is 37.9 Å². The molecule has 0 fully saturated rings. The van der Waals surface area contributed by atoms with E-state index < -0.39 is 0 Å². The second-order valence-corrected chi connectivity index (χ2v) is 14.8. The predicted molar refractivity (Wildman–Crippen MR) is 215 cm³/mol. The SMILES string of the molecule is CC1(C)c2ccccc2-c2ccc(-c3cccc4c5ccccc5c5cc(-c6cc(-c7ccccc7)nc(C7=CCCCC7)n6)ccc5c34)cc21. The molecule has 0 atom stereocenters. The van der Waals surface area contributed by atoms with E-state index in [0.29, 0.717) is 0 Å². The van der Waals surface area contributed by atoms with Gasteiger partial charge in [0.15, 0.2) is 5.82 Å². The number of benzene rings is 7. The molecular weight excluding hydrogens is 617 g/mol. The number of fused-ring (bicyclic) bond motifs is 9. The van der Waals surface area contributed by atoms with E-state index in [9.17, 15) is 0 Å². The maximum absolute atomic E-state index is 5.25. The van der Waals surface area contributed by atoms with Crippen LogP contribution in [0.4, 0.5) is 0 Å². The van der Waals surface area contributed by atoms with Gasteiger partial charge in [-0.15, -0.1) is 0 Å². The van der Waals surface area contributed by atoms with Crippen LogP contribution in [0.5, 0.6) is 0 Å². The molecule has 7 aromatic carbocycles. The Morgan fingerprint density at radius 1 is 0.471 bits per heavy atom. The zero-order chi connectivity index (χ0) is 34.1. The van der Waals surface area contributed by atoms with E-state index in [-0.39, 0.29) is 5.41 Å². The van der Waals surface area contributed by atoms with Gasteiger partial charge in [0.25, 0.3) is 0 Å². The third-order valence-electron chi connectivity index (χ3n) is 11.4. The highest BCUT2D eigenvalue weighted by Crippen LogP contribution is 2.50. The van der Waals surface area contributed by atoms with Crippen LogP contribution in [0.3, 0.4) is 0 Å². The minimum Gasteiger partial charge on any atom is -0.228 e. The van der Waals surface area contributed by atoms with E-state index in [1.54, 1.807) is 0 Å². The van der Waals surface area contributed by atoms with E-state index >= 15 is 0 Å². The first-order valence-electron chi connectivity index (χ1n) is 18.3. The zero-order valence-corrected chi connectivity index (χ0v) is 29.1. The van der Waals surface area contributed by atoms with Crippen molar-refractivity contribution in [3.8, 4) is 44.8 Å². The summed E-state index contributed by atoms with van der Waals surface area (Å²) in [6.07, 6.45) is 6.89. The first kappa shape index (κ1) is 30.0. The lowest BCUT2D eigenvalue weighted by Crippen LogP contribution is -2.14. The van der Waals surface area contributed by atoms with Gasteiger partial charge in [-0.2, -0.15) is 0 Å². The van der Waals surface area contributed by atoms with Crippen molar-refractivity contribution < 1.29 is 0 Å². The van der Waals surface area contributed by atoms with Crippen molar-refractivity contribution in [1.29, 1.82) is 0 Å². The van der Waals surface area contributed by atoms with Crippen molar-refractivity contribution in [1.82, 2.24) is 9.97 Å². The topological polar surface area (TPSA) is 25.8 Å². The molecule has 1 aromatic heterocycles. The van der Waals surface area contributed by atoms with E-state index in [0.717, 1.165) is 41.2 Å². The summed E-state index contributed by atoms with van der Waals surface area (Å²) in [7, 11) is 0. The largest absolute Gasteiger partial charge is 0.228 e. The molecule has 0 spiro atoms. The summed E-state index contributed by atoms with van der Waals surface area (Å²) in [6, 6.07) is 51.4. The van der Waals surface area contributed by atoms with Crippen LogP contribution in [0.15, 0.2) is 146 Å². The van der Waals surface area contributed by atoms with Gasteiger partial charge in [0.05, 0.1) is 11.4 Å². The van der Waals surface area contributed by atoms with Crippen LogP contribution in [0, 0.1) is 0 Å². The van der Waals surface area contributed by atoms with Gasteiger partial charge < -0.3 is 0 Å². The van der Waals surface area contributed by atoms with E-state index in [1.807, 2.05) is 0 Å². The lowest BCUT2D eigenvalue weighted by molar-refractivity contribution is 0.660. The summed E-state index contributed by atoms with van der Waals surface area (Å²) in [6.45, 7) is 4.73. The predicted octanol–water partition coefficient (Wildman–Crippen LogP) is 13.2. The van der Waals surface area contributed by atoms with Gasteiger partial charge >= 0.3 is 0 Å². The first-order chi connectivity index (χ1) is 25.0. The number of rotatable bonds is 4. The van der Waals surface area contributed by atoms with Crippen LogP contribution in [0.1, 0.15) is 56.5 Å². The average molecular weight is 655 g/mol. The molecule has 0 N–H and O–H groups in total. The normalized spacial score (nSPS) is 14.8. The Kier molecular flexibility index (Phi) is 6.83. The zero-order valence-electron chi connectivity index (χ0n) is 29.1. The standard InChI is InChI=1S/C49H38N2/c1-49(2)43-23-12-11-20-38(43)39-26-24-33(29-44(39)49)35-21-13-22-40-36-18-9-10-19-37(36)42-28-34(25-27-41(42)47(35)40)46-30-45(31-14-5-3-6-15-31)50-48(51-46)32-16-7-4-8-17-32/h3,5-6,9-16,18-30H,4,7-8,17H2,1-2H3. The molecule has 2 aliphatic rings. The molecule has 0 amide bonds. The summed E-state index contributed by atoms with van der Waals surface area (Å²) < 4.78 is 0. The molecule has 0 bridgehead atoms. The van der Waals surface area contributed by atoms with Crippen LogP contribution in [0.25, 0.3) is 82.7 Å². The van der Waals surface area contributed by atoms with Crippen LogP contribution in [-0.4, -0.2) is 9.97 Å². The Bertz CT molecular complexity index is 2720. The quantitative estimate of drug-likeness (QED) is 0.177. The monoisotopic (exact) mass is 654 g/mol. The second kappa shape index (κ2) is 11.6. The highest BCUT2D eigenvalue weighted by molar-refractivity contribution is 6.28. The van der Waals surface area contributed by atoms with Crippen LogP contribution in [-0.2, 0) is 5.41 Å². The molecule has 0 saturated carbocycles. The molecule has 0 saturated heterocycles. The number of hydrogen-bond acceptors (Lipinski definition) is 2. The van der Waals surface area contributed by atoms with Crippen molar-refractivity contribution in [2.24, 2.45) is 0 Å². The summed E-state index contributed by atoms with van der Waals surface area (Å²) in [5, 5.41) is 7.62. The van der Waals surface area contributed by atoms with Crippen LogP contribution >= 0.6 is 0 Å². The van der Waals surface area contributed by atoms with Gasteiger partial charge in [-0.25, -0.2) is 9.97 Å². The minimum atomic E-state index is -0.0567. The highest BCUT2D eigenvalue weighted by Gasteiger charge is 2.35. The van der Waals surface area contributed by atoms with Gasteiger partial charge in [-0.05, 0) is 115 Å². The van der Waals surface area contributed by atoms with E-state index in [1.165, 1.54) is 84.1 Å². The van der Waals surface area contributed by atoms with Crippen molar-refractivity contribution in [3.63, 3.8) is 0 Å². The molecule has 2 aliphatic carbocycles. The van der Waals surface area contributed by atoms with Crippen molar-refractivity contribution in [2.45, 2.75) is 44.9 Å². The number of nitrogens with zero attached hydrogens (tertiary/aromatic N) is 2. The summed E-state index contributed by atoms with van der Waals surface area (Å²) in [5.41, 5.74) is 13.4. The van der Waals surface area contributed by atoms with E-state index in [2.05, 4.69) is 159 Å². The molecule has 0 unspecified atom stereocenters. The number of aromatic nitrogens is 2. The molecule has 51 heavy (non-hydrogen) atoms. The molecule has 1 heterocycles. The first-order valence-corrected chi connectivity index (χ1v) is 18.3. The molecule has 10 rings (SSSR count). The average Bonchev–Trinajstić information content (AvgIpc) is 3.43. The van der Waals surface area contributed by atoms with Crippen molar-refractivity contribution in [3.05, 3.63) is 163 Å². The summed E-state index contributed by atoms with van der Waals surface area (Å²) >= 11 is 0. The summed E-state index contributed by atoms with van der Waals surface area (Å²) in [5.74, 6) is 0.860. The maximum Gasteiger partial charge on any atom is 0.156 e. The Hall–Kier alpha value is -5.86. The Balaban J connectivity index is 1.20.